The molecule has 0 aliphatic rings. The van der Waals surface area contributed by atoms with Gasteiger partial charge in [0.1, 0.15) is 0 Å². The molecule has 0 fully saturated rings. The van der Waals surface area contributed by atoms with Crippen LogP contribution in [0.4, 0.5) is 0 Å². The monoisotopic (exact) mass is 676 g/mol. The molecule has 8 aromatic carbocycles. The molecule has 0 aliphatic carbocycles. The third-order valence-corrected chi connectivity index (χ3v) is 10.1. The Kier molecular flexibility index (Phi) is 7.43. The third kappa shape index (κ3) is 5.54. The molecule has 0 bridgehead atoms. The van der Waals surface area contributed by atoms with Gasteiger partial charge in [0.15, 0.2) is 17.5 Å². The van der Waals surface area contributed by atoms with Gasteiger partial charge in [0, 0.05) is 32.8 Å². The summed E-state index contributed by atoms with van der Waals surface area (Å²) in [4.78, 5) is 15.3. The second-order valence-corrected chi connectivity index (χ2v) is 13.3. The molecule has 0 aliphatic heterocycles. The molecule has 4 nitrogen and oxygen atoms in total. The molecule has 0 N–H and O–H groups in total. The predicted molar refractivity (Wildman–Crippen MR) is 219 cm³/mol. The van der Waals surface area contributed by atoms with Gasteiger partial charge in [-0.15, -0.1) is 0 Å². The maximum absolute atomic E-state index is 5.14. The molecule has 0 saturated carbocycles. The first-order valence-electron chi connectivity index (χ1n) is 17.9. The number of para-hydroxylation sites is 2. The summed E-state index contributed by atoms with van der Waals surface area (Å²) in [6, 6.07) is 68.1. The Labute approximate surface area is 307 Å². The van der Waals surface area contributed by atoms with E-state index in [1.807, 2.05) is 12.1 Å². The van der Waals surface area contributed by atoms with E-state index >= 15 is 0 Å². The highest BCUT2D eigenvalue weighted by Gasteiger charge is 2.17. The highest BCUT2D eigenvalue weighted by Crippen LogP contribution is 2.36. The van der Waals surface area contributed by atoms with Gasteiger partial charge in [0.2, 0.25) is 0 Å². The smallest absolute Gasteiger partial charge is 0.164 e. The number of nitrogens with zero attached hydrogens (tertiary/aromatic N) is 4. The molecule has 10 aromatic rings. The molecular formula is C49H32N4. The van der Waals surface area contributed by atoms with E-state index in [-0.39, 0.29) is 0 Å². The molecule has 0 atom stereocenters. The van der Waals surface area contributed by atoms with Crippen LogP contribution in [-0.4, -0.2) is 19.5 Å². The number of benzene rings is 8. The van der Waals surface area contributed by atoms with Gasteiger partial charge in [-0.3, -0.25) is 0 Å². The highest BCUT2D eigenvalue weighted by molar-refractivity contribution is 6.10. The van der Waals surface area contributed by atoms with Crippen LogP contribution in [0.3, 0.4) is 0 Å². The lowest BCUT2D eigenvalue weighted by Crippen LogP contribution is -2.01. The van der Waals surface area contributed by atoms with Crippen molar-refractivity contribution in [1.82, 2.24) is 19.5 Å². The summed E-state index contributed by atoms with van der Waals surface area (Å²) in [6.45, 7) is 0. The summed E-state index contributed by atoms with van der Waals surface area (Å²) in [5.74, 6) is 1.89. The number of aromatic nitrogens is 4. The van der Waals surface area contributed by atoms with E-state index in [9.17, 15) is 0 Å². The second-order valence-electron chi connectivity index (χ2n) is 13.3. The van der Waals surface area contributed by atoms with Crippen LogP contribution in [-0.2, 0) is 0 Å². The topological polar surface area (TPSA) is 43.6 Å². The number of fused-ring (bicyclic) bond motifs is 4. The fraction of sp³-hybridized carbons (Fsp3) is 0. The summed E-state index contributed by atoms with van der Waals surface area (Å²) in [5, 5.41) is 4.74. The summed E-state index contributed by atoms with van der Waals surface area (Å²) in [7, 11) is 0. The molecule has 0 unspecified atom stereocenters. The van der Waals surface area contributed by atoms with Crippen LogP contribution >= 0.6 is 0 Å². The van der Waals surface area contributed by atoms with Crippen molar-refractivity contribution in [2.24, 2.45) is 0 Å². The van der Waals surface area contributed by atoms with Gasteiger partial charge >= 0.3 is 0 Å². The van der Waals surface area contributed by atoms with Crippen molar-refractivity contribution < 1.29 is 0 Å². The molecule has 248 valence electrons. The molecule has 10 rings (SSSR count). The van der Waals surface area contributed by atoms with Crippen LogP contribution in [0.25, 0.3) is 94.7 Å². The lowest BCUT2D eigenvalue weighted by Gasteiger charge is -2.13. The highest BCUT2D eigenvalue weighted by atomic mass is 15.0. The normalized spacial score (nSPS) is 11.4. The fourth-order valence-electron chi connectivity index (χ4n) is 7.42. The minimum atomic E-state index is 0.628. The third-order valence-electron chi connectivity index (χ3n) is 10.1. The first kappa shape index (κ1) is 30.6. The van der Waals surface area contributed by atoms with Crippen molar-refractivity contribution >= 4 is 32.6 Å². The van der Waals surface area contributed by atoms with Crippen LogP contribution in [0.5, 0.6) is 0 Å². The Morgan fingerprint density at radius 1 is 0.283 bits per heavy atom. The Balaban J connectivity index is 1.13. The zero-order valence-electron chi connectivity index (χ0n) is 28.8. The standard InChI is InChI=1S/C49H32N4/c1-3-12-33(13-4-1)35-22-27-38(28-23-35)47-50-48(39-29-24-36(25-30-39)34-14-5-2-6-15-34)52-49(51-47)40-31-26-37-16-11-21-46(43(37)32-40)53-44-19-9-7-17-41(44)42-18-8-10-20-45(42)53/h1-32H. The fourth-order valence-corrected chi connectivity index (χ4v) is 7.42. The van der Waals surface area contributed by atoms with Crippen molar-refractivity contribution in [2.75, 3.05) is 0 Å². The van der Waals surface area contributed by atoms with Crippen LogP contribution in [0.1, 0.15) is 0 Å². The number of hydrogen-bond acceptors (Lipinski definition) is 3. The average Bonchev–Trinajstić information content (AvgIpc) is 3.58. The SMILES string of the molecule is c1ccc(-c2ccc(-c3nc(-c4ccc(-c5ccccc5)cc4)nc(-c4ccc5cccc(-n6c7ccccc7c7ccccc76)c5c4)n3)cc2)cc1. The van der Waals surface area contributed by atoms with Crippen molar-refractivity contribution in [3.05, 3.63) is 194 Å². The van der Waals surface area contributed by atoms with E-state index in [4.69, 9.17) is 15.0 Å². The van der Waals surface area contributed by atoms with Crippen LogP contribution in [0, 0.1) is 0 Å². The minimum absolute atomic E-state index is 0.628. The van der Waals surface area contributed by atoms with E-state index in [0.717, 1.165) is 44.3 Å². The maximum Gasteiger partial charge on any atom is 0.164 e. The zero-order chi connectivity index (χ0) is 35.1. The Hall–Kier alpha value is -7.17. The molecule has 4 heteroatoms. The van der Waals surface area contributed by atoms with E-state index in [0.29, 0.717) is 17.5 Å². The maximum atomic E-state index is 5.14. The van der Waals surface area contributed by atoms with Crippen molar-refractivity contribution in [2.45, 2.75) is 0 Å². The van der Waals surface area contributed by atoms with Gasteiger partial charge < -0.3 is 4.57 Å². The first-order valence-corrected chi connectivity index (χ1v) is 17.9. The van der Waals surface area contributed by atoms with Gasteiger partial charge in [-0.2, -0.15) is 0 Å². The van der Waals surface area contributed by atoms with Crippen molar-refractivity contribution in [1.29, 1.82) is 0 Å². The van der Waals surface area contributed by atoms with E-state index in [2.05, 4.69) is 187 Å². The predicted octanol–water partition coefficient (Wildman–Crippen LogP) is 12.5. The second kappa shape index (κ2) is 12.9. The van der Waals surface area contributed by atoms with Crippen LogP contribution in [0.15, 0.2) is 194 Å². The minimum Gasteiger partial charge on any atom is -0.309 e. The van der Waals surface area contributed by atoms with Crippen molar-refractivity contribution in [3.8, 4) is 62.1 Å². The molecule has 53 heavy (non-hydrogen) atoms. The van der Waals surface area contributed by atoms with E-state index in [1.165, 1.54) is 32.9 Å². The van der Waals surface area contributed by atoms with Gasteiger partial charge in [-0.1, -0.05) is 170 Å². The summed E-state index contributed by atoms with van der Waals surface area (Å²) < 4.78 is 2.38. The van der Waals surface area contributed by atoms with Gasteiger partial charge in [-0.05, 0) is 51.9 Å². The molecule has 0 saturated heterocycles. The summed E-state index contributed by atoms with van der Waals surface area (Å²) >= 11 is 0. The Morgan fingerprint density at radius 2 is 0.698 bits per heavy atom. The zero-order valence-corrected chi connectivity index (χ0v) is 28.8. The summed E-state index contributed by atoms with van der Waals surface area (Å²) in [6.07, 6.45) is 0. The Bertz CT molecular complexity index is 2760. The molecule has 2 aromatic heterocycles. The van der Waals surface area contributed by atoms with Crippen molar-refractivity contribution in [3.63, 3.8) is 0 Å². The largest absolute Gasteiger partial charge is 0.309 e. The van der Waals surface area contributed by atoms with E-state index in [1.54, 1.807) is 0 Å². The van der Waals surface area contributed by atoms with Gasteiger partial charge in [-0.25, -0.2) is 15.0 Å². The van der Waals surface area contributed by atoms with Crippen LogP contribution < -0.4 is 0 Å². The van der Waals surface area contributed by atoms with Gasteiger partial charge in [0.25, 0.3) is 0 Å². The lowest BCUT2D eigenvalue weighted by atomic mass is 10.0. The molecule has 2 heterocycles. The summed E-state index contributed by atoms with van der Waals surface area (Å²) in [5.41, 5.74) is 10.9. The molecule has 0 amide bonds. The number of rotatable bonds is 6. The Morgan fingerprint density at radius 3 is 1.23 bits per heavy atom. The lowest BCUT2D eigenvalue weighted by molar-refractivity contribution is 1.07. The van der Waals surface area contributed by atoms with Gasteiger partial charge in [0.05, 0.1) is 16.7 Å². The molecular weight excluding hydrogens is 645 g/mol. The molecule has 0 spiro atoms. The first-order chi connectivity index (χ1) is 26.3. The molecule has 0 radical (unpaired) electrons. The van der Waals surface area contributed by atoms with E-state index < -0.39 is 0 Å². The average molecular weight is 677 g/mol. The van der Waals surface area contributed by atoms with Crippen LogP contribution in [0.2, 0.25) is 0 Å². The number of hydrogen-bond donors (Lipinski definition) is 0. The quantitative estimate of drug-likeness (QED) is 0.176.